The lowest BCUT2D eigenvalue weighted by Gasteiger charge is -2.37. The molecule has 100 heavy (non-hydrogen) atoms. The molecule has 3 aliphatic heterocycles. The van der Waals surface area contributed by atoms with E-state index in [0.717, 1.165) is 37.7 Å². The number of hydrogen-bond donors (Lipinski definition) is 0. The lowest BCUT2D eigenvalue weighted by Crippen LogP contribution is -2.49. The number of rotatable bonds is 13. The molecule has 504 valence electrons. The van der Waals surface area contributed by atoms with E-state index in [4.69, 9.17) is 4.42 Å². The SMILES string of the molecule is CN(C)CCn1c(=O)c(C#N)c(N2CCN(C(=O)c3cccs3)CC2)c2ccccc21.N#Cc1c(N2CCN(C(=O)c3ccco3)CC2)c2ccccc2n(Cc2ccc(F)cc2)c1=O.N#Cc1c(N2CCN(C(=O)c3ccncc3)CC2)c2ccccc2n(Cc2ccc(F)cc2)c1=O. The monoisotopic (exact) mass is 1360 g/mol. The molecule has 0 N–H and O–H groups in total. The molecule has 11 aromatic rings. The van der Waals surface area contributed by atoms with Crippen LogP contribution in [0.15, 0.2) is 201 Å². The standard InChI is InChI=1S/C27H22FN5O2.C26H21FN4O3.C23H25N5O2S/c28-21-7-5-19(6-8-21)18-33-24-4-2-1-3-22(24)25(23(17-29)27(33)35)31-13-15-32(16-14-31)26(34)20-9-11-30-12-10-20;27-19-9-7-18(8-10-19)17-31-22-5-2-1-4-20(22)24(21(16-28)25(31)32)29-11-13-30(14-12-29)26(33)23-6-3-15-34-23;1-25(2)9-14-28-19-7-4-3-6-17(19)21(18(16-24)22(28)29)26-10-12-27(13-11-26)23(30)20-8-5-15-31-20/h1-12H,13-16,18H2;1-10,15H,11-14,17H2;3-8,15H,9-14H2,1-2H3. The highest BCUT2D eigenvalue weighted by Gasteiger charge is 2.32. The van der Waals surface area contributed by atoms with Crippen LogP contribution in [0.3, 0.4) is 0 Å². The average Bonchev–Trinajstić information content (AvgIpc) is 0.800. The molecule has 21 nitrogen and oxygen atoms in total. The van der Waals surface area contributed by atoms with Crippen molar-refractivity contribution in [3.8, 4) is 18.2 Å². The molecule has 14 rings (SSSR count). The van der Waals surface area contributed by atoms with Gasteiger partial charge in [0.15, 0.2) is 5.76 Å². The second-order valence-corrected chi connectivity index (χ2v) is 25.3. The van der Waals surface area contributed by atoms with Gasteiger partial charge < -0.3 is 52.4 Å². The van der Waals surface area contributed by atoms with Crippen molar-refractivity contribution < 1.29 is 27.6 Å². The highest BCUT2D eigenvalue weighted by Crippen LogP contribution is 2.34. The number of thiophene rings is 1. The van der Waals surface area contributed by atoms with E-state index in [0.29, 0.717) is 131 Å². The first-order valence-corrected chi connectivity index (χ1v) is 33.4. The van der Waals surface area contributed by atoms with Crippen molar-refractivity contribution >= 4 is 78.8 Å². The number of amides is 3. The first-order valence-electron chi connectivity index (χ1n) is 32.5. The first kappa shape index (κ1) is 67.9. The molecule has 3 fully saturated rings. The van der Waals surface area contributed by atoms with E-state index in [1.54, 1.807) is 84.4 Å². The fourth-order valence-electron chi connectivity index (χ4n) is 13.0. The van der Waals surface area contributed by atoms with Crippen molar-refractivity contribution in [1.82, 2.24) is 38.3 Å². The summed E-state index contributed by atoms with van der Waals surface area (Å²) in [7, 11) is 3.92. The quantitative estimate of drug-likeness (QED) is 0.104. The summed E-state index contributed by atoms with van der Waals surface area (Å²) in [4.78, 5) is 96.4. The van der Waals surface area contributed by atoms with Crippen LogP contribution in [0.25, 0.3) is 32.7 Å². The molecule has 0 spiro atoms. The molecule has 0 radical (unpaired) electrons. The lowest BCUT2D eigenvalue weighted by atomic mass is 10.1. The van der Waals surface area contributed by atoms with E-state index in [9.17, 15) is 53.3 Å². The van der Waals surface area contributed by atoms with Crippen LogP contribution in [0.5, 0.6) is 0 Å². The van der Waals surface area contributed by atoms with Crippen LogP contribution in [0.1, 0.15) is 58.4 Å². The van der Waals surface area contributed by atoms with Gasteiger partial charge in [0.2, 0.25) is 0 Å². The number of furan rings is 1. The summed E-state index contributed by atoms with van der Waals surface area (Å²) in [5.41, 5.74) is 5.48. The van der Waals surface area contributed by atoms with Crippen LogP contribution in [0.2, 0.25) is 0 Å². The van der Waals surface area contributed by atoms with E-state index in [1.165, 1.54) is 41.9 Å². The number of hydrogen-bond acceptors (Lipinski definition) is 16. The van der Waals surface area contributed by atoms with Gasteiger partial charge in [-0.1, -0.05) is 84.9 Å². The number of nitrogens with zero attached hydrogens (tertiary/aromatic N) is 14. The van der Waals surface area contributed by atoms with Gasteiger partial charge in [-0.05, 0) is 103 Å². The Morgan fingerprint density at radius 1 is 0.480 bits per heavy atom. The number of anilines is 3. The number of para-hydroxylation sites is 3. The Hall–Kier alpha value is -12.0. The van der Waals surface area contributed by atoms with E-state index in [-0.39, 0.29) is 70.3 Å². The van der Waals surface area contributed by atoms with E-state index in [1.807, 2.05) is 124 Å². The number of piperazine rings is 3. The Morgan fingerprint density at radius 3 is 1.27 bits per heavy atom. The van der Waals surface area contributed by atoms with Crippen LogP contribution in [0.4, 0.5) is 25.8 Å². The molecule has 3 amide bonds. The third kappa shape index (κ3) is 14.3. The fourth-order valence-corrected chi connectivity index (χ4v) is 13.7. The zero-order chi connectivity index (χ0) is 70.0. The third-order valence-corrected chi connectivity index (χ3v) is 18.9. The summed E-state index contributed by atoms with van der Waals surface area (Å²) in [5, 5.41) is 34.2. The number of carbonyl (C=O) groups excluding carboxylic acids is 3. The van der Waals surface area contributed by atoms with Crippen LogP contribution in [-0.2, 0) is 19.6 Å². The predicted molar refractivity (Wildman–Crippen MR) is 380 cm³/mol. The normalized spacial score (nSPS) is 13.9. The number of halogens is 2. The molecular weight excluding hydrogens is 1290 g/mol. The number of fused-ring (bicyclic) bond motifs is 3. The maximum Gasteiger partial charge on any atom is 0.289 e. The number of nitriles is 3. The molecule has 9 heterocycles. The summed E-state index contributed by atoms with van der Waals surface area (Å²) < 4.78 is 36.8. The smallest absolute Gasteiger partial charge is 0.289 e. The number of carbonyl (C=O) groups is 3. The van der Waals surface area contributed by atoms with Gasteiger partial charge in [0.25, 0.3) is 34.4 Å². The second-order valence-electron chi connectivity index (χ2n) is 24.4. The van der Waals surface area contributed by atoms with Gasteiger partial charge in [-0.2, -0.15) is 15.8 Å². The minimum atomic E-state index is -0.394. The fraction of sp³-hybridized carbons (Fsp3) is 0.237. The van der Waals surface area contributed by atoms with Crippen molar-refractivity contribution in [2.24, 2.45) is 0 Å². The van der Waals surface area contributed by atoms with E-state index < -0.39 is 5.56 Å². The highest BCUT2D eigenvalue weighted by molar-refractivity contribution is 7.12. The minimum Gasteiger partial charge on any atom is -0.459 e. The Bertz CT molecular complexity index is 5140. The summed E-state index contributed by atoms with van der Waals surface area (Å²) >= 11 is 1.44. The molecule has 3 saturated heterocycles. The summed E-state index contributed by atoms with van der Waals surface area (Å²) in [6.07, 6.45) is 4.65. The van der Waals surface area contributed by atoms with E-state index in [2.05, 4.69) is 28.1 Å². The molecule has 24 heteroatoms. The zero-order valence-corrected chi connectivity index (χ0v) is 55.7. The predicted octanol–water partition coefficient (Wildman–Crippen LogP) is 9.49. The highest BCUT2D eigenvalue weighted by atomic mass is 32.1. The summed E-state index contributed by atoms with van der Waals surface area (Å²) in [6.45, 7) is 7.72. The van der Waals surface area contributed by atoms with Crippen LogP contribution < -0.4 is 31.4 Å². The molecular formula is C76H68F2N14O7S. The number of likely N-dealkylation sites (N-methyl/N-ethyl adjacent to an activating group) is 1. The van der Waals surface area contributed by atoms with Gasteiger partial charge in [0.1, 0.15) is 46.5 Å². The molecule has 0 atom stereocenters. The van der Waals surface area contributed by atoms with Crippen molar-refractivity contribution in [3.05, 3.63) is 268 Å². The van der Waals surface area contributed by atoms with Gasteiger partial charge in [-0.15, -0.1) is 11.3 Å². The lowest BCUT2D eigenvalue weighted by molar-refractivity contribution is 0.0712. The Kier molecular flexibility index (Phi) is 20.8. The maximum absolute atomic E-state index is 13.5. The second kappa shape index (κ2) is 30.6. The number of benzene rings is 5. The Labute approximate surface area is 577 Å². The molecule has 5 aromatic carbocycles. The van der Waals surface area contributed by atoms with Gasteiger partial charge in [-0.3, -0.25) is 33.8 Å². The first-order chi connectivity index (χ1) is 48.6. The third-order valence-electron chi connectivity index (χ3n) is 18.1. The van der Waals surface area contributed by atoms with Crippen LogP contribution >= 0.6 is 11.3 Å². The van der Waals surface area contributed by atoms with Crippen molar-refractivity contribution in [1.29, 1.82) is 15.8 Å². The van der Waals surface area contributed by atoms with Crippen LogP contribution in [0, 0.1) is 45.6 Å². The Balaban J connectivity index is 0.000000142. The topological polar surface area (TPSA) is 237 Å². The molecule has 0 aliphatic carbocycles. The minimum absolute atomic E-state index is 0.0408. The van der Waals surface area contributed by atoms with Crippen molar-refractivity contribution in [2.75, 3.05) is 114 Å². The largest absolute Gasteiger partial charge is 0.459 e. The molecule has 0 bridgehead atoms. The summed E-state index contributed by atoms with van der Waals surface area (Å²) in [5.74, 6) is -0.602. The number of pyridine rings is 4. The van der Waals surface area contributed by atoms with Gasteiger partial charge in [-0.25, -0.2) is 8.78 Å². The van der Waals surface area contributed by atoms with Crippen molar-refractivity contribution in [3.63, 3.8) is 0 Å². The maximum atomic E-state index is 13.5. The zero-order valence-electron chi connectivity index (χ0n) is 54.9. The van der Waals surface area contributed by atoms with Gasteiger partial charge in [0.05, 0.1) is 57.8 Å². The van der Waals surface area contributed by atoms with Crippen molar-refractivity contribution in [2.45, 2.75) is 19.6 Å². The average molecular weight is 1360 g/mol. The molecule has 3 aliphatic rings. The molecule has 0 unspecified atom stereocenters. The number of aromatic nitrogens is 4. The van der Waals surface area contributed by atoms with Crippen LogP contribution in [-0.4, -0.2) is 155 Å². The summed E-state index contributed by atoms with van der Waals surface area (Å²) in [6, 6.07) is 51.5. The van der Waals surface area contributed by atoms with Gasteiger partial charge >= 0.3 is 0 Å². The Morgan fingerprint density at radius 2 is 0.880 bits per heavy atom. The molecule has 6 aromatic heterocycles. The molecule has 0 saturated carbocycles. The van der Waals surface area contributed by atoms with Gasteiger partial charge in [0, 0.05) is 126 Å². The van der Waals surface area contributed by atoms with E-state index >= 15 is 0 Å².